The van der Waals surface area contributed by atoms with E-state index < -0.39 is 0 Å². The summed E-state index contributed by atoms with van der Waals surface area (Å²) in [6.45, 7) is 11.2. The molecule has 1 amide bonds. The second-order valence-corrected chi connectivity index (χ2v) is 6.59. The molecule has 0 saturated heterocycles. The summed E-state index contributed by atoms with van der Waals surface area (Å²) in [5.74, 6) is 0.139. The number of rotatable bonds is 8. The summed E-state index contributed by atoms with van der Waals surface area (Å²) >= 11 is 0. The molecule has 0 fully saturated rings. The summed E-state index contributed by atoms with van der Waals surface area (Å²) in [7, 11) is 0. The van der Waals surface area contributed by atoms with Gasteiger partial charge in [-0.25, -0.2) is 0 Å². The topological polar surface area (TPSA) is 78.1 Å². The van der Waals surface area contributed by atoms with E-state index in [1.165, 1.54) is 0 Å². The fraction of sp³-hybridized carbons (Fsp3) is 0.579. The van der Waals surface area contributed by atoms with Gasteiger partial charge in [0.25, 0.3) is 5.91 Å². The SMILES string of the molecule is CCC(CCO)NC(=O)/C(C#N)=C/c1cc(C)n(CC(C)C)c1C. The predicted octanol–water partition coefficient (Wildman–Crippen LogP) is 2.95. The molecular weight excluding hydrogens is 302 g/mol. The van der Waals surface area contributed by atoms with Crippen LogP contribution in [0.5, 0.6) is 0 Å². The Hall–Kier alpha value is -2.06. The molecule has 5 nitrogen and oxygen atoms in total. The highest BCUT2D eigenvalue weighted by Crippen LogP contribution is 2.20. The smallest absolute Gasteiger partial charge is 0.262 e. The van der Waals surface area contributed by atoms with Crippen LogP contribution in [0.3, 0.4) is 0 Å². The number of nitriles is 1. The third-order valence-electron chi connectivity index (χ3n) is 4.13. The molecule has 1 rings (SSSR count). The Morgan fingerprint density at radius 1 is 1.46 bits per heavy atom. The molecule has 1 aromatic heterocycles. The van der Waals surface area contributed by atoms with Crippen LogP contribution in [0.4, 0.5) is 0 Å². The van der Waals surface area contributed by atoms with Gasteiger partial charge < -0.3 is 15.0 Å². The molecule has 1 aromatic rings. The molecule has 1 heterocycles. The second-order valence-electron chi connectivity index (χ2n) is 6.59. The number of aryl methyl sites for hydroxylation is 1. The number of nitrogens with zero attached hydrogens (tertiary/aromatic N) is 2. The summed E-state index contributed by atoms with van der Waals surface area (Å²) in [4.78, 5) is 12.3. The van der Waals surface area contributed by atoms with E-state index >= 15 is 0 Å². The zero-order valence-electron chi connectivity index (χ0n) is 15.4. The number of amides is 1. The minimum atomic E-state index is -0.383. The van der Waals surface area contributed by atoms with E-state index in [0.717, 1.165) is 23.5 Å². The van der Waals surface area contributed by atoms with Gasteiger partial charge in [-0.3, -0.25) is 4.79 Å². The van der Waals surface area contributed by atoms with Gasteiger partial charge >= 0.3 is 0 Å². The minimum absolute atomic E-state index is 0.0146. The Morgan fingerprint density at radius 2 is 2.12 bits per heavy atom. The number of aliphatic hydroxyl groups excluding tert-OH is 1. The lowest BCUT2D eigenvalue weighted by Gasteiger charge is -2.15. The van der Waals surface area contributed by atoms with Gasteiger partial charge in [0.15, 0.2) is 0 Å². The van der Waals surface area contributed by atoms with Crippen molar-refractivity contribution in [2.75, 3.05) is 6.61 Å². The average molecular weight is 331 g/mol. The Kier molecular flexibility index (Phi) is 7.73. The number of aromatic nitrogens is 1. The zero-order valence-corrected chi connectivity index (χ0v) is 15.4. The minimum Gasteiger partial charge on any atom is -0.396 e. The van der Waals surface area contributed by atoms with Crippen molar-refractivity contribution in [3.63, 3.8) is 0 Å². The molecule has 5 heteroatoms. The van der Waals surface area contributed by atoms with E-state index in [2.05, 4.69) is 23.7 Å². The van der Waals surface area contributed by atoms with Crippen LogP contribution < -0.4 is 5.32 Å². The van der Waals surface area contributed by atoms with E-state index in [1.807, 2.05) is 32.9 Å². The molecule has 132 valence electrons. The van der Waals surface area contributed by atoms with Crippen molar-refractivity contribution in [1.29, 1.82) is 5.26 Å². The first kappa shape index (κ1) is 20.0. The summed E-state index contributed by atoms with van der Waals surface area (Å²) in [5, 5.41) is 21.2. The third kappa shape index (κ3) is 5.24. The number of hydrogen-bond acceptors (Lipinski definition) is 3. The summed E-state index contributed by atoms with van der Waals surface area (Å²) in [6.07, 6.45) is 2.86. The molecule has 1 atom stereocenters. The number of carbonyl (C=O) groups excluding carboxylic acids is 1. The molecule has 1 unspecified atom stereocenters. The second kappa shape index (κ2) is 9.29. The Morgan fingerprint density at radius 3 is 2.62 bits per heavy atom. The lowest BCUT2D eigenvalue weighted by atomic mass is 10.1. The van der Waals surface area contributed by atoms with Crippen molar-refractivity contribution in [1.82, 2.24) is 9.88 Å². The highest BCUT2D eigenvalue weighted by atomic mass is 16.3. The molecule has 0 aromatic carbocycles. The van der Waals surface area contributed by atoms with Gasteiger partial charge in [0, 0.05) is 30.6 Å². The van der Waals surface area contributed by atoms with Crippen LogP contribution in [0.1, 0.15) is 50.6 Å². The average Bonchev–Trinajstić information content (AvgIpc) is 2.78. The molecule has 0 saturated carbocycles. The maximum absolute atomic E-state index is 12.3. The van der Waals surface area contributed by atoms with Crippen molar-refractivity contribution in [2.45, 2.75) is 60.0 Å². The number of hydrogen-bond donors (Lipinski definition) is 2. The Bertz CT molecular complexity index is 636. The maximum atomic E-state index is 12.3. The molecule has 2 N–H and O–H groups in total. The van der Waals surface area contributed by atoms with Crippen LogP contribution in [0.25, 0.3) is 6.08 Å². The van der Waals surface area contributed by atoms with Crippen LogP contribution in [0.15, 0.2) is 11.6 Å². The maximum Gasteiger partial charge on any atom is 0.262 e. The van der Waals surface area contributed by atoms with E-state index in [0.29, 0.717) is 18.8 Å². The number of aliphatic hydroxyl groups is 1. The lowest BCUT2D eigenvalue weighted by molar-refractivity contribution is -0.117. The molecular formula is C19H29N3O2. The van der Waals surface area contributed by atoms with Gasteiger partial charge in [-0.05, 0) is 50.3 Å². The molecule has 0 aliphatic heterocycles. The van der Waals surface area contributed by atoms with Crippen molar-refractivity contribution in [2.24, 2.45) is 5.92 Å². The largest absolute Gasteiger partial charge is 0.396 e. The first-order chi connectivity index (χ1) is 11.3. The van der Waals surface area contributed by atoms with E-state index in [-0.39, 0.29) is 24.1 Å². The molecule has 0 aliphatic carbocycles. The van der Waals surface area contributed by atoms with Crippen LogP contribution in [-0.4, -0.2) is 28.2 Å². The Labute approximate surface area is 145 Å². The first-order valence-corrected chi connectivity index (χ1v) is 8.54. The van der Waals surface area contributed by atoms with Gasteiger partial charge in [0.1, 0.15) is 11.6 Å². The molecule has 0 spiro atoms. The fourth-order valence-corrected chi connectivity index (χ4v) is 2.72. The van der Waals surface area contributed by atoms with Crippen molar-refractivity contribution in [3.05, 3.63) is 28.6 Å². The summed E-state index contributed by atoms with van der Waals surface area (Å²) in [5.41, 5.74) is 3.17. The van der Waals surface area contributed by atoms with Crippen LogP contribution in [-0.2, 0) is 11.3 Å². The van der Waals surface area contributed by atoms with Crippen LogP contribution >= 0.6 is 0 Å². The summed E-state index contributed by atoms with van der Waals surface area (Å²) < 4.78 is 2.21. The van der Waals surface area contributed by atoms with Gasteiger partial charge in [0.2, 0.25) is 0 Å². The molecule has 0 aliphatic rings. The van der Waals surface area contributed by atoms with Crippen LogP contribution in [0.2, 0.25) is 0 Å². The Balaban J connectivity index is 3.04. The zero-order chi connectivity index (χ0) is 18.3. The number of nitrogens with one attached hydrogen (secondary N) is 1. The van der Waals surface area contributed by atoms with Crippen LogP contribution in [0, 0.1) is 31.1 Å². The molecule has 24 heavy (non-hydrogen) atoms. The van der Waals surface area contributed by atoms with E-state index in [4.69, 9.17) is 5.11 Å². The molecule has 0 bridgehead atoms. The molecule has 0 radical (unpaired) electrons. The standard InChI is InChI=1S/C19H29N3O2/c1-6-18(7-8-23)21-19(24)17(11-20)10-16-9-14(4)22(15(16)5)12-13(2)3/h9-10,13,18,23H,6-8,12H2,1-5H3,(H,21,24)/b17-10+. The van der Waals surface area contributed by atoms with Gasteiger partial charge in [0.05, 0.1) is 0 Å². The normalized spacial score (nSPS) is 13.0. The lowest BCUT2D eigenvalue weighted by Crippen LogP contribution is -2.35. The summed E-state index contributed by atoms with van der Waals surface area (Å²) in [6, 6.07) is 3.89. The van der Waals surface area contributed by atoms with Gasteiger partial charge in [-0.15, -0.1) is 0 Å². The van der Waals surface area contributed by atoms with Crippen molar-refractivity contribution >= 4 is 12.0 Å². The quantitative estimate of drug-likeness (QED) is 0.568. The van der Waals surface area contributed by atoms with E-state index in [1.54, 1.807) is 6.08 Å². The highest BCUT2D eigenvalue weighted by molar-refractivity contribution is 6.02. The van der Waals surface area contributed by atoms with Crippen molar-refractivity contribution < 1.29 is 9.90 Å². The highest BCUT2D eigenvalue weighted by Gasteiger charge is 2.16. The van der Waals surface area contributed by atoms with Gasteiger partial charge in [-0.2, -0.15) is 5.26 Å². The fourth-order valence-electron chi connectivity index (χ4n) is 2.72. The van der Waals surface area contributed by atoms with E-state index in [9.17, 15) is 10.1 Å². The third-order valence-corrected chi connectivity index (χ3v) is 4.13. The van der Waals surface area contributed by atoms with Crippen molar-refractivity contribution in [3.8, 4) is 6.07 Å². The monoisotopic (exact) mass is 331 g/mol. The first-order valence-electron chi connectivity index (χ1n) is 8.54. The van der Waals surface area contributed by atoms with Gasteiger partial charge in [-0.1, -0.05) is 20.8 Å². The number of carbonyl (C=O) groups is 1. The predicted molar refractivity (Wildman–Crippen MR) is 96.3 cm³/mol.